The molecule has 1 aromatic heterocycles. The van der Waals surface area contributed by atoms with Gasteiger partial charge in [0.2, 0.25) is 5.91 Å². The monoisotopic (exact) mass is 327 g/mol. The van der Waals surface area contributed by atoms with Crippen LogP contribution in [0.4, 0.5) is 0 Å². The van der Waals surface area contributed by atoms with Gasteiger partial charge in [0.1, 0.15) is 0 Å². The maximum atomic E-state index is 11.9. The molecule has 0 saturated carbocycles. The van der Waals surface area contributed by atoms with Crippen LogP contribution in [0.2, 0.25) is 0 Å². The lowest BCUT2D eigenvalue weighted by molar-refractivity contribution is -0.121. The van der Waals surface area contributed by atoms with Crippen LogP contribution >= 0.6 is 0 Å². The Kier molecular flexibility index (Phi) is 6.42. The van der Waals surface area contributed by atoms with Gasteiger partial charge in [-0.1, -0.05) is 37.3 Å². The first-order valence-electron chi connectivity index (χ1n) is 8.00. The van der Waals surface area contributed by atoms with Crippen molar-refractivity contribution in [2.24, 2.45) is 0 Å². The molecule has 2 aromatic rings. The molecule has 0 aliphatic carbocycles. The number of ketones is 1. The predicted molar refractivity (Wildman–Crippen MR) is 90.9 cm³/mol. The minimum absolute atomic E-state index is 0.0543. The SMILES string of the molecule is CCc1cc(=O)n(CCNC(=O)CCC(=O)c2ccccc2)cn1. The highest BCUT2D eigenvalue weighted by atomic mass is 16.2. The number of nitrogens with zero attached hydrogens (tertiary/aromatic N) is 2. The van der Waals surface area contributed by atoms with Gasteiger partial charge in [-0.15, -0.1) is 0 Å². The molecule has 0 saturated heterocycles. The van der Waals surface area contributed by atoms with Crippen molar-refractivity contribution in [3.63, 3.8) is 0 Å². The van der Waals surface area contributed by atoms with E-state index in [0.29, 0.717) is 25.1 Å². The molecule has 0 aliphatic heterocycles. The first kappa shape index (κ1) is 17.6. The molecule has 2 rings (SSSR count). The molecule has 0 unspecified atom stereocenters. The Bertz CT molecular complexity index is 754. The van der Waals surface area contributed by atoms with Crippen molar-refractivity contribution >= 4 is 11.7 Å². The molecule has 0 fully saturated rings. The average Bonchev–Trinajstić information content (AvgIpc) is 2.61. The van der Waals surface area contributed by atoms with Gasteiger partial charge in [-0.25, -0.2) is 4.98 Å². The van der Waals surface area contributed by atoms with Gasteiger partial charge >= 0.3 is 0 Å². The summed E-state index contributed by atoms with van der Waals surface area (Å²) in [5, 5.41) is 2.72. The van der Waals surface area contributed by atoms with Gasteiger partial charge in [-0.3, -0.25) is 19.0 Å². The van der Waals surface area contributed by atoms with Gasteiger partial charge < -0.3 is 5.32 Å². The first-order valence-corrected chi connectivity index (χ1v) is 8.00. The highest BCUT2D eigenvalue weighted by molar-refractivity contribution is 5.97. The molecule has 0 radical (unpaired) electrons. The van der Waals surface area contributed by atoms with Gasteiger partial charge in [0.05, 0.1) is 6.33 Å². The van der Waals surface area contributed by atoms with Crippen LogP contribution in [0.25, 0.3) is 0 Å². The summed E-state index contributed by atoms with van der Waals surface area (Å²) >= 11 is 0. The second kappa shape index (κ2) is 8.76. The van der Waals surface area contributed by atoms with Gasteiger partial charge in [0.25, 0.3) is 5.56 Å². The summed E-state index contributed by atoms with van der Waals surface area (Å²) in [4.78, 5) is 39.7. The number of Topliss-reactive ketones (excluding diaryl/α,β-unsaturated/α-hetero) is 1. The summed E-state index contributed by atoms with van der Waals surface area (Å²) in [5.74, 6) is -0.258. The quantitative estimate of drug-likeness (QED) is 0.747. The van der Waals surface area contributed by atoms with E-state index in [1.54, 1.807) is 24.3 Å². The Labute approximate surface area is 140 Å². The lowest BCUT2D eigenvalue weighted by atomic mass is 10.1. The first-order chi connectivity index (χ1) is 11.6. The van der Waals surface area contributed by atoms with Crippen LogP contribution in [0.5, 0.6) is 0 Å². The number of amides is 1. The minimum Gasteiger partial charge on any atom is -0.354 e. The van der Waals surface area contributed by atoms with E-state index in [4.69, 9.17) is 0 Å². The molecule has 6 nitrogen and oxygen atoms in total. The molecule has 1 aromatic carbocycles. The van der Waals surface area contributed by atoms with Crippen LogP contribution < -0.4 is 10.9 Å². The molecule has 24 heavy (non-hydrogen) atoms. The number of hydrogen-bond donors (Lipinski definition) is 1. The van der Waals surface area contributed by atoms with Crippen LogP contribution in [0.15, 0.2) is 47.5 Å². The number of carbonyl (C=O) groups is 2. The zero-order valence-electron chi connectivity index (χ0n) is 13.7. The molecule has 1 amide bonds. The zero-order chi connectivity index (χ0) is 17.4. The second-order valence-electron chi connectivity index (χ2n) is 5.40. The van der Waals surface area contributed by atoms with E-state index in [9.17, 15) is 14.4 Å². The molecule has 6 heteroatoms. The van der Waals surface area contributed by atoms with Crippen molar-refractivity contribution in [2.75, 3.05) is 6.54 Å². The van der Waals surface area contributed by atoms with E-state index in [-0.39, 0.29) is 30.1 Å². The summed E-state index contributed by atoms with van der Waals surface area (Å²) < 4.78 is 1.45. The molecule has 1 heterocycles. The Hall–Kier alpha value is -2.76. The van der Waals surface area contributed by atoms with E-state index in [2.05, 4.69) is 10.3 Å². The fourth-order valence-electron chi connectivity index (χ4n) is 2.22. The zero-order valence-corrected chi connectivity index (χ0v) is 13.7. The fraction of sp³-hybridized carbons (Fsp3) is 0.333. The third kappa shape index (κ3) is 5.15. The van der Waals surface area contributed by atoms with Gasteiger partial charge in [-0.2, -0.15) is 0 Å². The van der Waals surface area contributed by atoms with E-state index in [1.807, 2.05) is 13.0 Å². The fourth-order valence-corrected chi connectivity index (χ4v) is 2.22. The molecule has 0 spiro atoms. The van der Waals surface area contributed by atoms with Gasteiger partial charge in [-0.05, 0) is 6.42 Å². The normalized spacial score (nSPS) is 10.4. The number of aromatic nitrogens is 2. The smallest absolute Gasteiger partial charge is 0.253 e. The Morgan fingerprint density at radius 3 is 2.58 bits per heavy atom. The molecule has 0 bridgehead atoms. The predicted octanol–water partition coefficient (Wildman–Crippen LogP) is 1.58. The topological polar surface area (TPSA) is 81.1 Å². The molecular formula is C18H21N3O3. The Morgan fingerprint density at radius 2 is 1.92 bits per heavy atom. The third-order valence-corrected chi connectivity index (χ3v) is 3.65. The summed E-state index contributed by atoms with van der Waals surface area (Å²) in [5.41, 5.74) is 1.23. The van der Waals surface area contributed by atoms with Crippen LogP contribution in [-0.2, 0) is 17.8 Å². The van der Waals surface area contributed by atoms with Crippen LogP contribution in [0.3, 0.4) is 0 Å². The second-order valence-corrected chi connectivity index (χ2v) is 5.40. The largest absolute Gasteiger partial charge is 0.354 e. The summed E-state index contributed by atoms with van der Waals surface area (Å²) in [6.45, 7) is 2.61. The van der Waals surface area contributed by atoms with Gasteiger partial charge in [0, 0.05) is 43.3 Å². The number of rotatable bonds is 8. The van der Waals surface area contributed by atoms with E-state index in [0.717, 1.165) is 5.69 Å². The lowest BCUT2D eigenvalue weighted by Crippen LogP contribution is -2.31. The van der Waals surface area contributed by atoms with Crippen LogP contribution in [0.1, 0.15) is 35.8 Å². The Morgan fingerprint density at radius 1 is 1.17 bits per heavy atom. The molecule has 0 atom stereocenters. The standard InChI is InChI=1S/C18H21N3O3/c1-2-15-12-18(24)21(13-20-15)11-10-19-17(23)9-8-16(22)14-6-4-3-5-7-14/h3-7,12-13H,2,8-11H2,1H3,(H,19,23). The number of carbonyl (C=O) groups excluding carboxylic acids is 2. The van der Waals surface area contributed by atoms with Crippen molar-refractivity contribution < 1.29 is 9.59 Å². The van der Waals surface area contributed by atoms with Crippen molar-refractivity contribution in [3.8, 4) is 0 Å². The lowest BCUT2D eigenvalue weighted by Gasteiger charge is -2.07. The van der Waals surface area contributed by atoms with Crippen LogP contribution in [0, 0.1) is 0 Å². The van der Waals surface area contributed by atoms with Crippen LogP contribution in [-0.4, -0.2) is 27.8 Å². The van der Waals surface area contributed by atoms with Crippen molar-refractivity contribution in [3.05, 3.63) is 64.3 Å². The number of aryl methyl sites for hydroxylation is 1. The summed E-state index contributed by atoms with van der Waals surface area (Å²) in [6, 6.07) is 10.4. The molecular weight excluding hydrogens is 306 g/mol. The molecule has 126 valence electrons. The number of benzene rings is 1. The van der Waals surface area contributed by atoms with E-state index in [1.165, 1.54) is 17.0 Å². The highest BCUT2D eigenvalue weighted by Crippen LogP contribution is 2.04. The van der Waals surface area contributed by atoms with Crippen molar-refractivity contribution in [1.29, 1.82) is 0 Å². The molecule has 1 N–H and O–H groups in total. The maximum absolute atomic E-state index is 11.9. The van der Waals surface area contributed by atoms with Gasteiger partial charge in [0.15, 0.2) is 5.78 Å². The van der Waals surface area contributed by atoms with Crippen molar-refractivity contribution in [2.45, 2.75) is 32.7 Å². The third-order valence-electron chi connectivity index (χ3n) is 3.65. The highest BCUT2D eigenvalue weighted by Gasteiger charge is 2.08. The van der Waals surface area contributed by atoms with Crippen molar-refractivity contribution in [1.82, 2.24) is 14.9 Å². The minimum atomic E-state index is -0.203. The van der Waals surface area contributed by atoms with E-state index < -0.39 is 0 Å². The summed E-state index contributed by atoms with van der Waals surface area (Å²) in [6.07, 6.45) is 2.51. The Balaban J connectivity index is 1.74. The summed E-state index contributed by atoms with van der Waals surface area (Å²) in [7, 11) is 0. The number of nitrogens with one attached hydrogen (secondary N) is 1. The average molecular weight is 327 g/mol. The number of hydrogen-bond acceptors (Lipinski definition) is 4. The van der Waals surface area contributed by atoms with E-state index >= 15 is 0 Å². The molecule has 0 aliphatic rings. The maximum Gasteiger partial charge on any atom is 0.253 e.